The number of imidazole rings is 1. The zero-order valence-corrected chi connectivity index (χ0v) is 14.7. The van der Waals surface area contributed by atoms with Crippen LogP contribution in [0, 0.1) is 11.3 Å². The van der Waals surface area contributed by atoms with Crippen LogP contribution in [-0.4, -0.2) is 54.2 Å². The summed E-state index contributed by atoms with van der Waals surface area (Å²) in [5.74, 6) is 1.35. The zero-order chi connectivity index (χ0) is 18.9. The van der Waals surface area contributed by atoms with Crippen LogP contribution in [0.2, 0.25) is 0 Å². The fourth-order valence-electron chi connectivity index (χ4n) is 3.26. The number of ether oxygens (including phenoxy) is 1. The first-order valence-electron chi connectivity index (χ1n) is 8.73. The van der Waals surface area contributed by atoms with E-state index in [0.29, 0.717) is 36.0 Å². The van der Waals surface area contributed by atoms with E-state index >= 15 is 0 Å². The van der Waals surface area contributed by atoms with E-state index in [2.05, 4.69) is 30.0 Å². The summed E-state index contributed by atoms with van der Waals surface area (Å²) in [6.45, 7) is 2.01. The molecule has 0 aromatic carbocycles. The molecule has 0 spiro atoms. The first-order chi connectivity index (χ1) is 13.8. The lowest BCUT2D eigenvalue weighted by Crippen LogP contribution is -2.38. The van der Waals surface area contributed by atoms with Crippen LogP contribution in [-0.2, 0) is 4.74 Å². The van der Waals surface area contributed by atoms with Crippen LogP contribution in [0.15, 0.2) is 43.2 Å². The highest BCUT2D eigenvalue weighted by molar-refractivity contribution is 5.58. The van der Waals surface area contributed by atoms with Crippen LogP contribution in [0.1, 0.15) is 17.4 Å². The molecule has 5 rings (SSSR count). The number of fused-ring (bicyclic) bond motifs is 1. The normalized spacial score (nSPS) is 17.0. The number of nitrogens with zero attached hydrogens (tertiary/aromatic N) is 8. The fraction of sp³-hybridized carbons (Fsp3) is 0.222. The van der Waals surface area contributed by atoms with Crippen molar-refractivity contribution in [3.63, 3.8) is 0 Å². The molecule has 1 aliphatic heterocycles. The summed E-state index contributed by atoms with van der Waals surface area (Å²) in [7, 11) is 0. The second-order valence-electron chi connectivity index (χ2n) is 6.33. The van der Waals surface area contributed by atoms with Gasteiger partial charge in [-0.15, -0.1) is 0 Å². The van der Waals surface area contributed by atoms with Crippen LogP contribution < -0.4 is 4.90 Å². The average molecular weight is 373 g/mol. The van der Waals surface area contributed by atoms with Gasteiger partial charge in [0.1, 0.15) is 23.7 Å². The summed E-state index contributed by atoms with van der Waals surface area (Å²) < 4.78 is 7.64. The van der Waals surface area contributed by atoms with Gasteiger partial charge >= 0.3 is 0 Å². The summed E-state index contributed by atoms with van der Waals surface area (Å²) in [5, 5.41) is 15.9. The molecular formula is C18H15N9O. The molecule has 1 aliphatic rings. The molecule has 0 radical (unpaired) electrons. The minimum Gasteiger partial charge on any atom is -0.370 e. The Hall–Kier alpha value is -3.84. The first-order valence-corrected chi connectivity index (χ1v) is 8.73. The number of aromatic nitrogens is 7. The van der Waals surface area contributed by atoms with Crippen LogP contribution >= 0.6 is 0 Å². The van der Waals surface area contributed by atoms with Gasteiger partial charge in [-0.05, 0) is 6.07 Å². The molecule has 1 fully saturated rings. The van der Waals surface area contributed by atoms with Gasteiger partial charge in [-0.1, -0.05) is 0 Å². The number of nitriles is 1. The van der Waals surface area contributed by atoms with Crippen molar-refractivity contribution in [1.29, 1.82) is 5.26 Å². The van der Waals surface area contributed by atoms with E-state index in [1.807, 2.05) is 18.3 Å². The van der Waals surface area contributed by atoms with Crippen molar-refractivity contribution in [2.75, 3.05) is 24.6 Å². The number of rotatable bonds is 3. The van der Waals surface area contributed by atoms with E-state index < -0.39 is 0 Å². The second-order valence-corrected chi connectivity index (χ2v) is 6.33. The third-order valence-electron chi connectivity index (χ3n) is 4.66. The third-order valence-corrected chi connectivity index (χ3v) is 4.66. The lowest BCUT2D eigenvalue weighted by Gasteiger charge is -2.33. The first kappa shape index (κ1) is 16.3. The molecule has 1 saturated heterocycles. The summed E-state index contributed by atoms with van der Waals surface area (Å²) in [6.07, 6.45) is 10.2. The van der Waals surface area contributed by atoms with E-state index in [0.717, 1.165) is 17.9 Å². The van der Waals surface area contributed by atoms with Crippen LogP contribution in [0.5, 0.6) is 0 Å². The largest absolute Gasteiger partial charge is 0.370 e. The van der Waals surface area contributed by atoms with Gasteiger partial charge in [-0.25, -0.2) is 19.9 Å². The third kappa shape index (κ3) is 2.83. The molecule has 10 nitrogen and oxygen atoms in total. The van der Waals surface area contributed by atoms with Gasteiger partial charge in [0, 0.05) is 37.2 Å². The number of morpholine rings is 1. The maximum absolute atomic E-state index is 9.11. The summed E-state index contributed by atoms with van der Waals surface area (Å²) >= 11 is 0. The van der Waals surface area contributed by atoms with Crippen LogP contribution in [0.3, 0.4) is 0 Å². The van der Waals surface area contributed by atoms with Crippen LogP contribution in [0.25, 0.3) is 17.2 Å². The summed E-state index contributed by atoms with van der Waals surface area (Å²) in [6, 6.07) is 3.92. The van der Waals surface area contributed by atoms with Crippen molar-refractivity contribution in [3.05, 3.63) is 54.5 Å². The molecule has 1 N–H and O–H groups in total. The Morgan fingerprint density at radius 1 is 1.21 bits per heavy atom. The number of H-pyrrole nitrogens is 1. The van der Waals surface area contributed by atoms with Crippen molar-refractivity contribution in [1.82, 2.24) is 34.5 Å². The molecule has 10 heteroatoms. The molecule has 0 saturated carbocycles. The van der Waals surface area contributed by atoms with E-state index in [1.54, 1.807) is 35.4 Å². The Morgan fingerprint density at radius 2 is 2.18 bits per heavy atom. The van der Waals surface area contributed by atoms with E-state index in [1.165, 1.54) is 0 Å². The zero-order valence-electron chi connectivity index (χ0n) is 14.7. The number of hydrogen-bond donors (Lipinski definition) is 1. The maximum atomic E-state index is 9.11. The smallest absolute Gasteiger partial charge is 0.180 e. The van der Waals surface area contributed by atoms with Gasteiger partial charge in [0.25, 0.3) is 0 Å². The highest BCUT2D eigenvalue weighted by atomic mass is 16.5. The predicted molar refractivity (Wildman–Crippen MR) is 98.2 cm³/mol. The van der Waals surface area contributed by atoms with Crippen LogP contribution in [0.4, 0.5) is 5.82 Å². The molecule has 4 aromatic heterocycles. The van der Waals surface area contributed by atoms with Crippen molar-refractivity contribution >= 4 is 11.5 Å². The lowest BCUT2D eigenvalue weighted by molar-refractivity contribution is 0.0395. The molecular weight excluding hydrogens is 358 g/mol. The van der Waals surface area contributed by atoms with E-state index in [9.17, 15) is 0 Å². The van der Waals surface area contributed by atoms with Gasteiger partial charge in [0.05, 0.1) is 25.2 Å². The molecule has 0 aliphatic carbocycles. The Morgan fingerprint density at radius 3 is 3.04 bits per heavy atom. The minimum absolute atomic E-state index is 0.0639. The Kier molecular flexibility index (Phi) is 3.92. The summed E-state index contributed by atoms with van der Waals surface area (Å²) in [5.41, 5.74) is 2.65. The Balaban J connectivity index is 1.48. The molecule has 0 bridgehead atoms. The van der Waals surface area contributed by atoms with E-state index in [4.69, 9.17) is 15.0 Å². The molecule has 4 aromatic rings. The number of anilines is 1. The van der Waals surface area contributed by atoms with Crippen molar-refractivity contribution < 1.29 is 4.74 Å². The lowest BCUT2D eigenvalue weighted by atomic mass is 10.1. The molecule has 0 amide bonds. The Labute approximate surface area is 159 Å². The molecule has 1 atom stereocenters. The molecule has 5 heterocycles. The average Bonchev–Trinajstić information content (AvgIpc) is 3.43. The van der Waals surface area contributed by atoms with Gasteiger partial charge in [0.2, 0.25) is 0 Å². The maximum Gasteiger partial charge on any atom is 0.180 e. The van der Waals surface area contributed by atoms with E-state index in [-0.39, 0.29) is 6.10 Å². The number of hydrogen-bond acceptors (Lipinski definition) is 8. The SMILES string of the molecule is N#Cc1cn2c(-c3nccc(N4CCOC(c5cn[nH]c5)C4)n3)cnc2cn1. The summed E-state index contributed by atoms with van der Waals surface area (Å²) in [4.78, 5) is 19.7. The van der Waals surface area contributed by atoms with Crippen molar-refractivity contribution in [2.45, 2.75) is 6.10 Å². The van der Waals surface area contributed by atoms with Gasteiger partial charge in [-0.2, -0.15) is 10.4 Å². The highest BCUT2D eigenvalue weighted by Crippen LogP contribution is 2.26. The standard InChI is InChI=1S/C18H15N9O/c19-5-13-10-27-14(8-22-17(27)9-21-13)18-20-2-1-16(25-18)26-3-4-28-15(11-26)12-6-23-24-7-12/h1-2,6-10,15H,3-4,11H2,(H,23,24). The monoisotopic (exact) mass is 373 g/mol. The topological polar surface area (TPSA) is 121 Å². The number of aromatic amines is 1. The second kappa shape index (κ2) is 6.71. The minimum atomic E-state index is -0.0639. The van der Waals surface area contributed by atoms with Gasteiger partial charge < -0.3 is 9.64 Å². The van der Waals surface area contributed by atoms with Crippen molar-refractivity contribution in [2.24, 2.45) is 0 Å². The Bertz CT molecular complexity index is 1160. The fourth-order valence-corrected chi connectivity index (χ4v) is 3.26. The predicted octanol–water partition coefficient (Wildman–Crippen LogP) is 1.36. The molecule has 138 valence electrons. The van der Waals surface area contributed by atoms with Crippen molar-refractivity contribution in [3.8, 4) is 17.6 Å². The van der Waals surface area contributed by atoms with Gasteiger partial charge in [0.15, 0.2) is 17.2 Å². The number of nitrogens with one attached hydrogen (secondary N) is 1. The van der Waals surface area contributed by atoms with Gasteiger partial charge in [-0.3, -0.25) is 9.50 Å². The highest BCUT2D eigenvalue weighted by Gasteiger charge is 2.24. The molecule has 1 unspecified atom stereocenters. The molecule has 28 heavy (non-hydrogen) atoms. The quantitative estimate of drug-likeness (QED) is 0.571.